The van der Waals surface area contributed by atoms with Gasteiger partial charge in [0.15, 0.2) is 6.10 Å². The van der Waals surface area contributed by atoms with Crippen LogP contribution in [0, 0.1) is 0 Å². The summed E-state index contributed by atoms with van der Waals surface area (Å²) in [5.74, 6) is -0.969. The maximum atomic E-state index is 12.9. The third kappa shape index (κ3) is 65.7. The van der Waals surface area contributed by atoms with E-state index in [0.717, 1.165) is 148 Å². The van der Waals surface area contributed by atoms with Gasteiger partial charge in [0.05, 0.1) is 0 Å². The lowest BCUT2D eigenvalue weighted by Crippen LogP contribution is -2.30. The predicted octanol–water partition coefficient (Wildman–Crippen LogP) is 22.9. The lowest BCUT2D eigenvalue weighted by atomic mass is 10.1. The minimum Gasteiger partial charge on any atom is -0.462 e. The summed E-state index contributed by atoms with van der Waals surface area (Å²) in [7, 11) is 0. The van der Waals surface area contributed by atoms with Crippen molar-refractivity contribution in [2.24, 2.45) is 0 Å². The molecule has 0 aromatic carbocycles. The van der Waals surface area contributed by atoms with Crippen molar-refractivity contribution >= 4 is 17.9 Å². The van der Waals surface area contributed by atoms with Crippen molar-refractivity contribution in [2.45, 2.75) is 284 Å². The molecular weight excluding hydrogens is 997 g/mol. The lowest BCUT2D eigenvalue weighted by molar-refractivity contribution is -0.167. The van der Waals surface area contributed by atoms with E-state index in [1.165, 1.54) is 83.5 Å². The Balaban J connectivity index is 4.47. The zero-order valence-corrected chi connectivity index (χ0v) is 52.2. The van der Waals surface area contributed by atoms with E-state index in [9.17, 15) is 14.4 Å². The molecule has 0 aromatic rings. The van der Waals surface area contributed by atoms with E-state index in [1.54, 1.807) is 0 Å². The third-order valence-electron chi connectivity index (χ3n) is 13.5. The van der Waals surface area contributed by atoms with E-state index in [2.05, 4.69) is 179 Å². The first kappa shape index (κ1) is 76.0. The Morgan fingerprint density at radius 2 is 0.481 bits per heavy atom. The van der Waals surface area contributed by atoms with Crippen LogP contribution in [0.5, 0.6) is 0 Å². The van der Waals surface area contributed by atoms with Gasteiger partial charge in [0, 0.05) is 19.3 Å². The highest BCUT2D eigenvalue weighted by molar-refractivity contribution is 5.71. The van der Waals surface area contributed by atoms with Gasteiger partial charge in [-0.25, -0.2) is 0 Å². The molecule has 0 bridgehead atoms. The van der Waals surface area contributed by atoms with Crippen LogP contribution in [0.15, 0.2) is 158 Å². The normalized spacial score (nSPS) is 13.2. The Labute approximate surface area is 499 Å². The molecule has 81 heavy (non-hydrogen) atoms. The molecule has 0 rings (SSSR count). The molecule has 6 nitrogen and oxygen atoms in total. The Kier molecular flexibility index (Phi) is 63.4. The van der Waals surface area contributed by atoms with Gasteiger partial charge in [0.25, 0.3) is 0 Å². The van der Waals surface area contributed by atoms with Crippen molar-refractivity contribution in [1.29, 1.82) is 0 Å². The van der Waals surface area contributed by atoms with Gasteiger partial charge in [0.1, 0.15) is 13.2 Å². The van der Waals surface area contributed by atoms with Crippen molar-refractivity contribution in [2.75, 3.05) is 13.2 Å². The monoisotopic (exact) mass is 1120 g/mol. The van der Waals surface area contributed by atoms with Crippen LogP contribution >= 0.6 is 0 Å². The number of rotatable bonds is 58. The maximum absolute atomic E-state index is 12.9. The Bertz CT molecular complexity index is 1810. The zero-order valence-electron chi connectivity index (χ0n) is 52.2. The number of esters is 3. The Morgan fingerprint density at radius 1 is 0.259 bits per heavy atom. The summed E-state index contributed by atoms with van der Waals surface area (Å²) >= 11 is 0. The number of carbonyl (C=O) groups excluding carboxylic acids is 3. The molecule has 0 aliphatic heterocycles. The van der Waals surface area contributed by atoms with Crippen LogP contribution in [0.2, 0.25) is 0 Å². The van der Waals surface area contributed by atoms with Crippen LogP contribution in [0.3, 0.4) is 0 Å². The van der Waals surface area contributed by atoms with Gasteiger partial charge < -0.3 is 14.2 Å². The van der Waals surface area contributed by atoms with Gasteiger partial charge >= 0.3 is 17.9 Å². The summed E-state index contributed by atoms with van der Waals surface area (Å²) in [6, 6.07) is 0. The fourth-order valence-electron chi connectivity index (χ4n) is 8.62. The van der Waals surface area contributed by atoms with E-state index < -0.39 is 6.10 Å². The van der Waals surface area contributed by atoms with Crippen LogP contribution in [0.25, 0.3) is 0 Å². The average Bonchev–Trinajstić information content (AvgIpc) is 3.47. The Morgan fingerprint density at radius 3 is 0.790 bits per heavy atom. The molecule has 1 unspecified atom stereocenters. The summed E-state index contributed by atoms with van der Waals surface area (Å²) < 4.78 is 16.9. The average molecular weight is 1120 g/mol. The molecule has 456 valence electrons. The van der Waals surface area contributed by atoms with Crippen LogP contribution in [0.4, 0.5) is 0 Å². The topological polar surface area (TPSA) is 78.9 Å². The van der Waals surface area contributed by atoms with Gasteiger partial charge in [0.2, 0.25) is 0 Å². The highest BCUT2D eigenvalue weighted by atomic mass is 16.6. The standard InChI is InChI=1S/C75H120O6/c1-4-7-10-13-16-19-22-25-28-30-32-34-35-36-37-38-39-41-42-44-47-50-53-56-59-62-65-68-74(77)80-71-72(70-79-73(76)67-64-61-58-55-52-49-46-27-24-21-18-15-12-9-6-3)81-75(78)69-66-63-60-57-54-51-48-45-43-40-33-31-29-26-23-20-17-14-11-8-5-2/h7-8,10-11,16-17,19-20,25-29,32-34,36-37,39-41,45-46,48,54,57,72H,4-6,9,12-15,18,21-24,30-31,35,38,42-44,47,49-53,55-56,58-71H2,1-3H3/b10-7-,11-8-,19-16-,20-17-,28-25-,29-26-,34-32-,37-36-,40-33-,41-39-,46-27-,48-45-,57-54-. The van der Waals surface area contributed by atoms with E-state index >= 15 is 0 Å². The Hall–Kier alpha value is -4.97. The van der Waals surface area contributed by atoms with Crippen molar-refractivity contribution in [3.8, 4) is 0 Å². The molecule has 0 spiro atoms. The molecule has 0 aliphatic rings. The minimum absolute atomic E-state index is 0.108. The third-order valence-corrected chi connectivity index (χ3v) is 13.5. The molecule has 0 amide bonds. The summed E-state index contributed by atoms with van der Waals surface area (Å²) in [4.78, 5) is 38.4. The van der Waals surface area contributed by atoms with Crippen LogP contribution in [-0.2, 0) is 28.6 Å². The fraction of sp³-hybridized carbons (Fsp3) is 0.613. The SMILES string of the molecule is CC/C=C\C/C=C\C/C=C\C/C=C\C/C=C\C/C=C\CCCCCCCCCCC(=O)OCC(COC(=O)CCCCCCC/C=C\CCCCCCCC)OC(=O)CCCC/C=C\C/C=C\C/C=C\C/C=C\C/C=C\C/C=C\CC. The van der Waals surface area contributed by atoms with E-state index in [-0.39, 0.29) is 37.5 Å². The molecular formula is C75H120O6. The maximum Gasteiger partial charge on any atom is 0.306 e. The van der Waals surface area contributed by atoms with Gasteiger partial charge in [-0.15, -0.1) is 0 Å². The highest BCUT2D eigenvalue weighted by Gasteiger charge is 2.19. The molecule has 0 N–H and O–H groups in total. The number of carbonyl (C=O) groups is 3. The quantitative estimate of drug-likeness (QED) is 0.0261. The van der Waals surface area contributed by atoms with Gasteiger partial charge in [-0.05, 0) is 148 Å². The van der Waals surface area contributed by atoms with Crippen molar-refractivity contribution < 1.29 is 28.6 Å². The molecule has 0 heterocycles. The number of unbranched alkanes of at least 4 members (excludes halogenated alkanes) is 21. The molecule has 1 atom stereocenters. The number of allylic oxidation sites excluding steroid dienone is 26. The van der Waals surface area contributed by atoms with E-state index in [4.69, 9.17) is 14.2 Å². The first-order valence-electron chi connectivity index (χ1n) is 33.0. The van der Waals surface area contributed by atoms with Crippen LogP contribution < -0.4 is 0 Å². The largest absolute Gasteiger partial charge is 0.462 e. The van der Waals surface area contributed by atoms with Crippen molar-refractivity contribution in [3.05, 3.63) is 158 Å². The first-order chi connectivity index (χ1) is 40.0. The summed E-state index contributed by atoms with van der Waals surface area (Å²) in [5.41, 5.74) is 0. The van der Waals surface area contributed by atoms with Crippen molar-refractivity contribution in [1.82, 2.24) is 0 Å². The number of ether oxygens (including phenoxy) is 3. The minimum atomic E-state index is -0.817. The van der Waals surface area contributed by atoms with Crippen molar-refractivity contribution in [3.63, 3.8) is 0 Å². The predicted molar refractivity (Wildman–Crippen MR) is 352 cm³/mol. The molecule has 0 saturated carbocycles. The first-order valence-corrected chi connectivity index (χ1v) is 33.0. The second-order valence-corrected chi connectivity index (χ2v) is 21.3. The number of hydrogen-bond donors (Lipinski definition) is 0. The second-order valence-electron chi connectivity index (χ2n) is 21.3. The molecule has 0 radical (unpaired) electrons. The fourth-order valence-corrected chi connectivity index (χ4v) is 8.62. The van der Waals surface area contributed by atoms with Gasteiger partial charge in [-0.1, -0.05) is 269 Å². The molecule has 0 aromatic heterocycles. The second kappa shape index (κ2) is 67.5. The van der Waals surface area contributed by atoms with Gasteiger partial charge in [-0.2, -0.15) is 0 Å². The molecule has 0 aliphatic carbocycles. The summed E-state index contributed by atoms with van der Waals surface area (Å²) in [5, 5.41) is 0. The molecule has 0 fully saturated rings. The lowest BCUT2D eigenvalue weighted by Gasteiger charge is -2.18. The van der Waals surface area contributed by atoms with E-state index in [1.807, 2.05) is 0 Å². The summed E-state index contributed by atoms with van der Waals surface area (Å²) in [6.07, 6.45) is 98.2. The number of hydrogen-bond acceptors (Lipinski definition) is 6. The van der Waals surface area contributed by atoms with Gasteiger partial charge in [-0.3, -0.25) is 14.4 Å². The zero-order chi connectivity index (χ0) is 58.5. The highest BCUT2D eigenvalue weighted by Crippen LogP contribution is 2.14. The molecule has 6 heteroatoms. The summed E-state index contributed by atoms with van der Waals surface area (Å²) in [6.45, 7) is 6.36. The van der Waals surface area contributed by atoms with Crippen LogP contribution in [-0.4, -0.2) is 37.2 Å². The van der Waals surface area contributed by atoms with Crippen LogP contribution in [0.1, 0.15) is 278 Å². The molecule has 0 saturated heterocycles. The van der Waals surface area contributed by atoms with E-state index in [0.29, 0.717) is 19.3 Å². The smallest absolute Gasteiger partial charge is 0.306 e.